The highest BCUT2D eigenvalue weighted by Gasteiger charge is 2.15. The van der Waals surface area contributed by atoms with Crippen molar-refractivity contribution in [1.82, 2.24) is 19.7 Å². The number of nitrogens with zero attached hydrogens (tertiary/aromatic N) is 4. The molecule has 0 radical (unpaired) electrons. The Balaban J connectivity index is 1.31. The van der Waals surface area contributed by atoms with E-state index in [1.165, 1.54) is 28.7 Å². The topological polar surface area (TPSA) is 102 Å². The number of hydrogen-bond donors (Lipinski definition) is 2. The molecule has 1 atom stereocenters. The van der Waals surface area contributed by atoms with Gasteiger partial charge in [-0.05, 0) is 31.2 Å². The van der Waals surface area contributed by atoms with Crippen LogP contribution in [0, 0.1) is 0 Å². The SMILES string of the molecule is CC(C(=O)Nc1ccc(NC(=O)Cc2csc(-c3ccccc3)n2)cc1)n1cncn1. The van der Waals surface area contributed by atoms with Crippen LogP contribution in [0.4, 0.5) is 11.4 Å². The molecule has 0 aliphatic rings. The van der Waals surface area contributed by atoms with Gasteiger partial charge < -0.3 is 10.6 Å². The van der Waals surface area contributed by atoms with Gasteiger partial charge in [0.2, 0.25) is 11.8 Å². The van der Waals surface area contributed by atoms with Gasteiger partial charge in [-0.25, -0.2) is 14.6 Å². The molecule has 2 N–H and O–H groups in total. The van der Waals surface area contributed by atoms with Crippen molar-refractivity contribution in [2.24, 2.45) is 0 Å². The van der Waals surface area contributed by atoms with Crippen LogP contribution in [0.1, 0.15) is 18.7 Å². The third-order valence-electron chi connectivity index (χ3n) is 4.56. The lowest BCUT2D eigenvalue weighted by molar-refractivity contribution is -0.119. The van der Waals surface area contributed by atoms with Crippen molar-refractivity contribution in [3.8, 4) is 10.6 Å². The van der Waals surface area contributed by atoms with Gasteiger partial charge in [0.05, 0.1) is 12.1 Å². The van der Waals surface area contributed by atoms with Crippen LogP contribution in [-0.4, -0.2) is 31.6 Å². The third-order valence-corrected chi connectivity index (χ3v) is 5.50. The van der Waals surface area contributed by atoms with E-state index in [1.54, 1.807) is 31.2 Å². The fourth-order valence-electron chi connectivity index (χ4n) is 2.89. The molecule has 8 nitrogen and oxygen atoms in total. The summed E-state index contributed by atoms with van der Waals surface area (Å²) in [6.07, 6.45) is 3.07. The predicted octanol–water partition coefficient (Wildman–Crippen LogP) is 3.78. The molecule has 0 aliphatic carbocycles. The second kappa shape index (κ2) is 9.31. The van der Waals surface area contributed by atoms with Crippen LogP contribution in [0.5, 0.6) is 0 Å². The molecule has 0 aliphatic heterocycles. The van der Waals surface area contributed by atoms with E-state index in [9.17, 15) is 9.59 Å². The zero-order chi connectivity index (χ0) is 21.6. The number of nitrogens with one attached hydrogen (secondary N) is 2. The summed E-state index contributed by atoms with van der Waals surface area (Å²) < 4.78 is 1.48. The average Bonchev–Trinajstić information content (AvgIpc) is 3.47. The van der Waals surface area contributed by atoms with Crippen molar-refractivity contribution in [2.75, 3.05) is 10.6 Å². The summed E-state index contributed by atoms with van der Waals surface area (Å²) in [6.45, 7) is 1.74. The standard InChI is InChI=1S/C22H20N6O2S/c1-15(28-14-23-13-24-28)21(30)26-18-9-7-17(8-10-18)25-20(29)11-19-12-31-22(27-19)16-5-3-2-4-6-16/h2-10,12-15H,11H2,1H3,(H,25,29)(H,26,30). The Labute approximate surface area is 183 Å². The van der Waals surface area contributed by atoms with Crippen LogP contribution < -0.4 is 10.6 Å². The average molecular weight is 433 g/mol. The van der Waals surface area contributed by atoms with Crippen molar-refractivity contribution in [3.05, 3.63) is 78.3 Å². The first-order valence-electron chi connectivity index (χ1n) is 9.63. The number of thiazole rings is 1. The van der Waals surface area contributed by atoms with Crippen molar-refractivity contribution in [1.29, 1.82) is 0 Å². The van der Waals surface area contributed by atoms with Gasteiger partial charge in [0, 0.05) is 22.3 Å². The first-order valence-corrected chi connectivity index (χ1v) is 10.5. The van der Waals surface area contributed by atoms with Gasteiger partial charge in [0.25, 0.3) is 0 Å². The van der Waals surface area contributed by atoms with Gasteiger partial charge in [-0.1, -0.05) is 30.3 Å². The van der Waals surface area contributed by atoms with Crippen LogP contribution >= 0.6 is 11.3 Å². The van der Waals surface area contributed by atoms with Crippen molar-refractivity contribution < 1.29 is 9.59 Å². The molecular formula is C22H20N6O2S. The lowest BCUT2D eigenvalue weighted by Crippen LogP contribution is -2.24. The molecule has 0 saturated heterocycles. The number of carbonyl (C=O) groups is 2. The lowest BCUT2D eigenvalue weighted by atomic mass is 10.2. The molecule has 2 aromatic carbocycles. The molecular weight excluding hydrogens is 412 g/mol. The molecule has 4 rings (SSSR count). The lowest BCUT2D eigenvalue weighted by Gasteiger charge is -2.12. The maximum Gasteiger partial charge on any atom is 0.249 e. The highest BCUT2D eigenvalue weighted by molar-refractivity contribution is 7.13. The van der Waals surface area contributed by atoms with Gasteiger partial charge in [-0.2, -0.15) is 5.10 Å². The van der Waals surface area contributed by atoms with Gasteiger partial charge in [-0.15, -0.1) is 11.3 Å². The minimum Gasteiger partial charge on any atom is -0.326 e. The molecule has 2 heterocycles. The second-order valence-corrected chi connectivity index (χ2v) is 7.71. The quantitative estimate of drug-likeness (QED) is 0.463. The minimum absolute atomic E-state index is 0.151. The molecule has 0 fully saturated rings. The molecule has 4 aromatic rings. The first-order chi connectivity index (χ1) is 15.1. The Morgan fingerprint density at radius 3 is 2.42 bits per heavy atom. The van der Waals surface area contributed by atoms with Crippen LogP contribution in [0.3, 0.4) is 0 Å². The normalized spacial score (nSPS) is 11.6. The van der Waals surface area contributed by atoms with Crippen LogP contribution in [0.15, 0.2) is 72.6 Å². The summed E-state index contributed by atoms with van der Waals surface area (Å²) in [4.78, 5) is 33.1. The maximum atomic E-state index is 12.4. The van der Waals surface area contributed by atoms with Crippen molar-refractivity contribution >= 4 is 34.5 Å². The summed E-state index contributed by atoms with van der Waals surface area (Å²) in [6, 6.07) is 16.3. The molecule has 2 amide bonds. The monoisotopic (exact) mass is 432 g/mol. The van der Waals surface area contributed by atoms with E-state index in [-0.39, 0.29) is 18.2 Å². The maximum absolute atomic E-state index is 12.4. The summed E-state index contributed by atoms with van der Waals surface area (Å²) in [7, 11) is 0. The number of aromatic nitrogens is 4. The van der Waals surface area contributed by atoms with Crippen molar-refractivity contribution in [3.63, 3.8) is 0 Å². The fourth-order valence-corrected chi connectivity index (χ4v) is 3.72. The Kier molecular flexibility index (Phi) is 6.13. The van der Waals surface area contributed by atoms with E-state index in [4.69, 9.17) is 0 Å². The number of anilines is 2. The fraction of sp³-hybridized carbons (Fsp3) is 0.136. The van der Waals surface area contributed by atoms with Gasteiger partial charge in [0.15, 0.2) is 0 Å². The van der Waals surface area contributed by atoms with Crippen LogP contribution in [0.2, 0.25) is 0 Å². The Morgan fingerprint density at radius 2 is 1.74 bits per heavy atom. The Hall–Kier alpha value is -3.85. The van der Waals surface area contributed by atoms with E-state index in [1.807, 2.05) is 35.7 Å². The zero-order valence-electron chi connectivity index (χ0n) is 16.7. The van der Waals surface area contributed by atoms with Gasteiger partial charge in [0.1, 0.15) is 23.7 Å². The second-order valence-electron chi connectivity index (χ2n) is 6.85. The van der Waals surface area contributed by atoms with E-state index in [2.05, 4.69) is 25.7 Å². The highest BCUT2D eigenvalue weighted by atomic mass is 32.1. The number of rotatable bonds is 7. The van der Waals surface area contributed by atoms with Gasteiger partial charge in [-0.3, -0.25) is 9.59 Å². The molecule has 31 heavy (non-hydrogen) atoms. The van der Waals surface area contributed by atoms with Crippen LogP contribution in [0.25, 0.3) is 10.6 Å². The Morgan fingerprint density at radius 1 is 1.03 bits per heavy atom. The molecule has 156 valence electrons. The molecule has 1 unspecified atom stereocenters. The smallest absolute Gasteiger partial charge is 0.249 e. The molecule has 0 bridgehead atoms. The number of benzene rings is 2. The number of amides is 2. The molecule has 2 aromatic heterocycles. The third kappa shape index (κ3) is 5.20. The molecule has 0 saturated carbocycles. The highest BCUT2D eigenvalue weighted by Crippen LogP contribution is 2.23. The van der Waals surface area contributed by atoms with E-state index < -0.39 is 6.04 Å². The summed E-state index contributed by atoms with van der Waals surface area (Å²) in [5.41, 5.74) is 3.04. The van der Waals surface area contributed by atoms with E-state index in [0.29, 0.717) is 11.4 Å². The predicted molar refractivity (Wildman–Crippen MR) is 120 cm³/mol. The van der Waals surface area contributed by atoms with Gasteiger partial charge >= 0.3 is 0 Å². The number of hydrogen-bond acceptors (Lipinski definition) is 6. The zero-order valence-corrected chi connectivity index (χ0v) is 17.5. The van der Waals surface area contributed by atoms with Crippen LogP contribution in [-0.2, 0) is 16.0 Å². The van der Waals surface area contributed by atoms with Crippen molar-refractivity contribution in [2.45, 2.75) is 19.4 Å². The largest absolute Gasteiger partial charge is 0.326 e. The summed E-state index contributed by atoms with van der Waals surface area (Å²) in [5.74, 6) is -0.360. The Bertz CT molecular complexity index is 1160. The minimum atomic E-state index is -0.485. The van der Waals surface area contributed by atoms with E-state index >= 15 is 0 Å². The summed E-state index contributed by atoms with van der Waals surface area (Å²) in [5, 5.41) is 12.4. The summed E-state index contributed by atoms with van der Waals surface area (Å²) >= 11 is 1.52. The number of carbonyl (C=O) groups excluding carboxylic acids is 2. The molecule has 9 heteroatoms. The first kappa shape index (κ1) is 20.4. The van der Waals surface area contributed by atoms with E-state index in [0.717, 1.165) is 16.3 Å². The molecule has 0 spiro atoms.